The number of halogens is 1. The van der Waals surface area contributed by atoms with Crippen molar-refractivity contribution in [2.45, 2.75) is 25.8 Å². The number of carbonyl (C=O) groups excluding carboxylic acids is 1. The zero-order valence-electron chi connectivity index (χ0n) is 14.2. The molecule has 1 amide bonds. The molecule has 1 aliphatic rings. The molecule has 2 aromatic heterocycles. The van der Waals surface area contributed by atoms with Crippen molar-refractivity contribution in [3.05, 3.63) is 47.7 Å². The lowest BCUT2D eigenvalue weighted by molar-refractivity contribution is 0.0667. The van der Waals surface area contributed by atoms with E-state index in [0.717, 1.165) is 12.8 Å². The lowest BCUT2D eigenvalue weighted by Crippen LogP contribution is -2.41. The molecule has 0 spiro atoms. The van der Waals surface area contributed by atoms with Gasteiger partial charge in [-0.3, -0.25) is 4.79 Å². The Morgan fingerprint density at radius 3 is 2.96 bits per heavy atom. The van der Waals surface area contributed by atoms with Crippen molar-refractivity contribution < 1.29 is 13.7 Å². The molecule has 8 nitrogen and oxygen atoms in total. The van der Waals surface area contributed by atoms with Crippen molar-refractivity contribution in [1.82, 2.24) is 30.0 Å². The minimum absolute atomic E-state index is 0.0336. The minimum atomic E-state index is -0.504. The Kier molecular flexibility index (Phi) is 4.19. The fourth-order valence-corrected chi connectivity index (χ4v) is 3.12. The van der Waals surface area contributed by atoms with Crippen LogP contribution in [0.5, 0.6) is 0 Å². The Balaban J connectivity index is 1.51. The molecule has 3 aromatic rings. The number of benzene rings is 1. The van der Waals surface area contributed by atoms with Crippen LogP contribution in [0, 0.1) is 12.7 Å². The van der Waals surface area contributed by atoms with Crippen LogP contribution >= 0.6 is 0 Å². The molecule has 0 N–H and O–H groups in total. The Morgan fingerprint density at radius 1 is 1.35 bits per heavy atom. The number of piperidine rings is 1. The first kappa shape index (κ1) is 16.4. The first-order valence-electron chi connectivity index (χ1n) is 8.38. The highest BCUT2D eigenvalue weighted by Crippen LogP contribution is 2.24. The van der Waals surface area contributed by atoms with Gasteiger partial charge in [-0.2, -0.15) is 4.98 Å². The second kappa shape index (κ2) is 6.66. The molecule has 1 fully saturated rings. The first-order chi connectivity index (χ1) is 12.6. The van der Waals surface area contributed by atoms with E-state index in [9.17, 15) is 9.18 Å². The molecule has 4 rings (SSSR count). The molecular formula is C17H17FN6O2. The summed E-state index contributed by atoms with van der Waals surface area (Å²) in [5.74, 6) is 0.0230. The Labute approximate surface area is 148 Å². The summed E-state index contributed by atoms with van der Waals surface area (Å²) in [4.78, 5) is 18.4. The second-order valence-corrected chi connectivity index (χ2v) is 6.25. The highest BCUT2D eigenvalue weighted by atomic mass is 19.1. The van der Waals surface area contributed by atoms with Gasteiger partial charge in [-0.25, -0.2) is 9.07 Å². The highest BCUT2D eigenvalue weighted by Gasteiger charge is 2.28. The van der Waals surface area contributed by atoms with Crippen LogP contribution in [0.15, 0.2) is 35.0 Å². The average molecular weight is 356 g/mol. The molecule has 1 atom stereocenters. The Bertz CT molecular complexity index is 937. The SMILES string of the molecule is Cc1nc(-c2cn(C3CCCN(C(=O)c4ccccc4F)C3)nn2)no1. The van der Waals surface area contributed by atoms with E-state index in [2.05, 4.69) is 20.5 Å². The van der Waals surface area contributed by atoms with E-state index in [4.69, 9.17) is 4.52 Å². The summed E-state index contributed by atoms with van der Waals surface area (Å²) in [6.07, 6.45) is 3.41. The number of hydrogen-bond acceptors (Lipinski definition) is 6. The fourth-order valence-electron chi connectivity index (χ4n) is 3.12. The van der Waals surface area contributed by atoms with Crippen molar-refractivity contribution in [3.8, 4) is 11.5 Å². The molecule has 0 radical (unpaired) electrons. The van der Waals surface area contributed by atoms with Gasteiger partial charge >= 0.3 is 0 Å². The number of rotatable bonds is 3. The summed E-state index contributed by atoms with van der Waals surface area (Å²) >= 11 is 0. The average Bonchev–Trinajstić information content (AvgIpc) is 3.31. The Hall–Kier alpha value is -3.10. The summed E-state index contributed by atoms with van der Waals surface area (Å²) in [5.41, 5.74) is 0.606. The standard InChI is InChI=1S/C17H17FN6O2/c1-11-19-16(21-26-11)15-10-24(22-20-15)12-5-4-8-23(9-12)17(25)13-6-2-3-7-14(13)18/h2-3,6-7,10,12H,4-5,8-9H2,1H3. The maximum atomic E-state index is 13.9. The number of aromatic nitrogens is 5. The zero-order chi connectivity index (χ0) is 18.1. The van der Waals surface area contributed by atoms with Gasteiger partial charge in [0.1, 0.15) is 5.82 Å². The predicted molar refractivity (Wildman–Crippen MR) is 88.6 cm³/mol. The first-order valence-corrected chi connectivity index (χ1v) is 8.38. The number of aryl methyl sites for hydroxylation is 1. The van der Waals surface area contributed by atoms with E-state index < -0.39 is 5.82 Å². The summed E-state index contributed by atoms with van der Waals surface area (Å²) in [5, 5.41) is 12.1. The van der Waals surface area contributed by atoms with E-state index in [1.807, 2.05) is 0 Å². The van der Waals surface area contributed by atoms with Crippen LogP contribution in [0.1, 0.15) is 35.1 Å². The van der Waals surface area contributed by atoms with Gasteiger partial charge in [0.2, 0.25) is 11.7 Å². The Morgan fingerprint density at radius 2 is 2.19 bits per heavy atom. The molecule has 0 aliphatic carbocycles. The molecule has 3 heterocycles. The van der Waals surface area contributed by atoms with Gasteiger partial charge in [-0.1, -0.05) is 22.5 Å². The van der Waals surface area contributed by atoms with Crippen molar-refractivity contribution in [2.24, 2.45) is 0 Å². The lowest BCUT2D eigenvalue weighted by Gasteiger charge is -2.32. The maximum absolute atomic E-state index is 13.9. The monoisotopic (exact) mass is 356 g/mol. The van der Waals surface area contributed by atoms with Crippen molar-refractivity contribution in [1.29, 1.82) is 0 Å². The van der Waals surface area contributed by atoms with Crippen LogP contribution in [0.3, 0.4) is 0 Å². The zero-order valence-corrected chi connectivity index (χ0v) is 14.2. The van der Waals surface area contributed by atoms with Crippen LogP contribution < -0.4 is 0 Å². The van der Waals surface area contributed by atoms with Crippen LogP contribution in [0.4, 0.5) is 4.39 Å². The number of amides is 1. The highest BCUT2D eigenvalue weighted by molar-refractivity contribution is 5.94. The van der Waals surface area contributed by atoms with Crippen molar-refractivity contribution in [3.63, 3.8) is 0 Å². The second-order valence-electron chi connectivity index (χ2n) is 6.25. The van der Waals surface area contributed by atoms with Gasteiger partial charge in [-0.05, 0) is 25.0 Å². The van der Waals surface area contributed by atoms with E-state index in [-0.39, 0.29) is 17.5 Å². The third-order valence-corrected chi connectivity index (χ3v) is 4.43. The summed E-state index contributed by atoms with van der Waals surface area (Å²) in [7, 11) is 0. The van der Waals surface area contributed by atoms with Gasteiger partial charge in [0.15, 0.2) is 5.69 Å². The topological polar surface area (TPSA) is 89.9 Å². The smallest absolute Gasteiger partial charge is 0.256 e. The lowest BCUT2D eigenvalue weighted by atomic mass is 10.0. The molecule has 9 heteroatoms. The van der Waals surface area contributed by atoms with Gasteiger partial charge in [0, 0.05) is 20.0 Å². The number of likely N-dealkylation sites (tertiary alicyclic amines) is 1. The molecule has 0 saturated carbocycles. The van der Waals surface area contributed by atoms with Crippen LogP contribution in [0.25, 0.3) is 11.5 Å². The molecular weight excluding hydrogens is 339 g/mol. The van der Waals surface area contributed by atoms with Gasteiger partial charge in [-0.15, -0.1) is 5.10 Å². The summed E-state index contributed by atoms with van der Waals surface area (Å²) in [6, 6.07) is 6.00. The quantitative estimate of drug-likeness (QED) is 0.715. The molecule has 134 valence electrons. The van der Waals surface area contributed by atoms with Gasteiger partial charge < -0.3 is 9.42 Å². The molecule has 1 aliphatic heterocycles. The molecule has 1 unspecified atom stereocenters. The van der Waals surface area contributed by atoms with E-state index in [0.29, 0.717) is 30.5 Å². The summed E-state index contributed by atoms with van der Waals surface area (Å²) < 4.78 is 20.6. The fraction of sp³-hybridized carbons (Fsp3) is 0.353. The molecule has 26 heavy (non-hydrogen) atoms. The van der Waals surface area contributed by atoms with Crippen molar-refractivity contribution in [2.75, 3.05) is 13.1 Å². The number of carbonyl (C=O) groups is 1. The third kappa shape index (κ3) is 3.07. The summed E-state index contributed by atoms with van der Waals surface area (Å²) in [6.45, 7) is 2.74. The van der Waals surface area contributed by atoms with E-state index in [1.165, 1.54) is 12.1 Å². The predicted octanol–water partition coefficient (Wildman–Crippen LogP) is 2.25. The molecule has 1 aromatic carbocycles. The minimum Gasteiger partial charge on any atom is -0.339 e. The van der Waals surface area contributed by atoms with Crippen molar-refractivity contribution >= 4 is 5.91 Å². The largest absolute Gasteiger partial charge is 0.339 e. The van der Waals surface area contributed by atoms with Gasteiger partial charge in [0.05, 0.1) is 17.8 Å². The number of nitrogens with zero attached hydrogens (tertiary/aromatic N) is 6. The van der Waals surface area contributed by atoms with E-state index >= 15 is 0 Å². The van der Waals surface area contributed by atoms with E-state index in [1.54, 1.807) is 34.8 Å². The van der Waals surface area contributed by atoms with Gasteiger partial charge in [0.25, 0.3) is 5.91 Å². The molecule has 0 bridgehead atoms. The number of hydrogen-bond donors (Lipinski definition) is 0. The van der Waals surface area contributed by atoms with Crippen LogP contribution in [-0.4, -0.2) is 49.0 Å². The van der Waals surface area contributed by atoms with Crippen LogP contribution in [-0.2, 0) is 0 Å². The maximum Gasteiger partial charge on any atom is 0.256 e. The molecule has 1 saturated heterocycles. The van der Waals surface area contributed by atoms with Crippen LogP contribution in [0.2, 0.25) is 0 Å². The normalized spacial score (nSPS) is 17.5. The third-order valence-electron chi connectivity index (χ3n) is 4.43.